The summed E-state index contributed by atoms with van der Waals surface area (Å²) in [6, 6.07) is 12.9. The standard InChI is InChI=1S/C19H22N2O3/c1-13-7-8-18(11-14(13)2)24-10-9-19(23)21-17-6-4-5-16(12-17)20-15(3)22/h4-8,11-12H,9-10H2,1-3H3,(H,20,22)(H,21,23). The maximum absolute atomic E-state index is 12.0. The van der Waals surface area contributed by atoms with E-state index in [1.54, 1.807) is 24.3 Å². The fraction of sp³-hybridized carbons (Fsp3) is 0.263. The second-order valence-corrected chi connectivity index (χ2v) is 5.65. The highest BCUT2D eigenvalue weighted by molar-refractivity contribution is 5.93. The van der Waals surface area contributed by atoms with Crippen LogP contribution in [0.2, 0.25) is 0 Å². The molecule has 2 aromatic carbocycles. The summed E-state index contributed by atoms with van der Waals surface area (Å²) in [5.74, 6) is 0.470. The van der Waals surface area contributed by atoms with Gasteiger partial charge in [0, 0.05) is 18.3 Å². The van der Waals surface area contributed by atoms with Crippen LogP contribution < -0.4 is 15.4 Å². The van der Waals surface area contributed by atoms with E-state index in [1.807, 2.05) is 32.0 Å². The maximum atomic E-state index is 12.0. The van der Waals surface area contributed by atoms with Crippen molar-refractivity contribution in [3.8, 4) is 5.75 Å². The molecule has 0 fully saturated rings. The fourth-order valence-corrected chi connectivity index (χ4v) is 2.17. The summed E-state index contributed by atoms with van der Waals surface area (Å²) in [6.45, 7) is 5.81. The molecule has 2 aromatic rings. The van der Waals surface area contributed by atoms with Crippen LogP contribution in [-0.4, -0.2) is 18.4 Å². The minimum absolute atomic E-state index is 0.140. The van der Waals surface area contributed by atoms with E-state index in [9.17, 15) is 9.59 Å². The van der Waals surface area contributed by atoms with Crippen LogP contribution in [0.4, 0.5) is 11.4 Å². The van der Waals surface area contributed by atoms with Crippen LogP contribution in [0, 0.1) is 13.8 Å². The fourth-order valence-electron chi connectivity index (χ4n) is 2.17. The van der Waals surface area contributed by atoms with Gasteiger partial charge in [-0.25, -0.2) is 0 Å². The number of aryl methyl sites for hydroxylation is 2. The lowest BCUT2D eigenvalue weighted by molar-refractivity contribution is -0.116. The SMILES string of the molecule is CC(=O)Nc1cccc(NC(=O)CCOc2ccc(C)c(C)c2)c1. The van der Waals surface area contributed by atoms with Crippen molar-refractivity contribution in [2.45, 2.75) is 27.2 Å². The van der Waals surface area contributed by atoms with E-state index in [0.29, 0.717) is 18.0 Å². The van der Waals surface area contributed by atoms with Crippen LogP contribution in [0.1, 0.15) is 24.5 Å². The van der Waals surface area contributed by atoms with Gasteiger partial charge < -0.3 is 15.4 Å². The van der Waals surface area contributed by atoms with Crippen molar-refractivity contribution in [2.24, 2.45) is 0 Å². The molecule has 0 bridgehead atoms. The third kappa shape index (κ3) is 5.43. The summed E-state index contributed by atoms with van der Waals surface area (Å²) in [5, 5.41) is 5.47. The minimum Gasteiger partial charge on any atom is -0.493 e. The number of nitrogens with one attached hydrogen (secondary N) is 2. The molecule has 126 valence electrons. The quantitative estimate of drug-likeness (QED) is 0.851. The Morgan fingerprint density at radius 2 is 1.67 bits per heavy atom. The molecule has 0 aliphatic carbocycles. The summed E-state index contributed by atoms with van der Waals surface area (Å²) in [6.07, 6.45) is 0.247. The summed E-state index contributed by atoms with van der Waals surface area (Å²) in [4.78, 5) is 23.0. The van der Waals surface area contributed by atoms with E-state index < -0.39 is 0 Å². The zero-order chi connectivity index (χ0) is 17.5. The zero-order valence-electron chi connectivity index (χ0n) is 14.2. The van der Waals surface area contributed by atoms with Gasteiger partial charge in [-0.3, -0.25) is 9.59 Å². The van der Waals surface area contributed by atoms with E-state index in [-0.39, 0.29) is 18.2 Å². The van der Waals surface area contributed by atoms with Gasteiger partial charge in [0.25, 0.3) is 0 Å². The van der Waals surface area contributed by atoms with Crippen molar-refractivity contribution in [1.29, 1.82) is 0 Å². The van der Waals surface area contributed by atoms with Gasteiger partial charge in [-0.15, -0.1) is 0 Å². The Labute approximate surface area is 142 Å². The molecule has 5 heteroatoms. The van der Waals surface area contributed by atoms with E-state index in [0.717, 1.165) is 11.3 Å². The molecule has 0 radical (unpaired) electrons. The van der Waals surface area contributed by atoms with Gasteiger partial charge in [0.1, 0.15) is 5.75 Å². The monoisotopic (exact) mass is 326 g/mol. The van der Waals surface area contributed by atoms with Gasteiger partial charge in [0.2, 0.25) is 11.8 Å². The predicted octanol–water partition coefficient (Wildman–Crippen LogP) is 3.67. The maximum Gasteiger partial charge on any atom is 0.227 e. The molecule has 0 aromatic heterocycles. The molecule has 0 heterocycles. The highest BCUT2D eigenvalue weighted by Crippen LogP contribution is 2.17. The Balaban J connectivity index is 1.82. The van der Waals surface area contributed by atoms with E-state index in [2.05, 4.69) is 10.6 Å². The van der Waals surface area contributed by atoms with Crippen LogP contribution in [0.25, 0.3) is 0 Å². The topological polar surface area (TPSA) is 67.4 Å². The molecule has 2 N–H and O–H groups in total. The number of amides is 2. The smallest absolute Gasteiger partial charge is 0.227 e. The van der Waals surface area contributed by atoms with Crippen molar-refractivity contribution in [3.05, 3.63) is 53.6 Å². The number of hydrogen-bond acceptors (Lipinski definition) is 3. The van der Waals surface area contributed by atoms with E-state index >= 15 is 0 Å². The van der Waals surface area contributed by atoms with Gasteiger partial charge >= 0.3 is 0 Å². The Morgan fingerprint density at radius 1 is 0.958 bits per heavy atom. The van der Waals surface area contributed by atoms with Crippen LogP contribution in [0.5, 0.6) is 5.75 Å². The Morgan fingerprint density at radius 3 is 2.33 bits per heavy atom. The van der Waals surface area contributed by atoms with Gasteiger partial charge in [-0.05, 0) is 55.3 Å². The molecule has 0 saturated carbocycles. The number of carbonyl (C=O) groups excluding carboxylic acids is 2. The molecule has 5 nitrogen and oxygen atoms in total. The zero-order valence-corrected chi connectivity index (χ0v) is 14.2. The van der Waals surface area contributed by atoms with Gasteiger partial charge in [0.15, 0.2) is 0 Å². The van der Waals surface area contributed by atoms with Crippen LogP contribution in [-0.2, 0) is 9.59 Å². The molecule has 0 aliphatic rings. The highest BCUT2D eigenvalue weighted by Gasteiger charge is 2.05. The Kier molecular flexibility index (Phi) is 5.95. The molecule has 0 unspecified atom stereocenters. The average Bonchev–Trinajstić information content (AvgIpc) is 2.50. The lowest BCUT2D eigenvalue weighted by Crippen LogP contribution is -2.15. The summed E-state index contributed by atoms with van der Waals surface area (Å²) in [5.41, 5.74) is 3.65. The number of carbonyl (C=O) groups is 2. The third-order valence-electron chi connectivity index (χ3n) is 3.54. The summed E-state index contributed by atoms with van der Waals surface area (Å²) < 4.78 is 5.61. The van der Waals surface area contributed by atoms with Gasteiger partial charge in [-0.1, -0.05) is 12.1 Å². The summed E-state index contributed by atoms with van der Waals surface area (Å²) in [7, 11) is 0. The molecule has 24 heavy (non-hydrogen) atoms. The van der Waals surface area contributed by atoms with E-state index in [4.69, 9.17) is 4.74 Å². The Hall–Kier alpha value is -2.82. The predicted molar refractivity (Wildman–Crippen MR) is 95.4 cm³/mol. The van der Waals surface area contributed by atoms with E-state index in [1.165, 1.54) is 12.5 Å². The highest BCUT2D eigenvalue weighted by atomic mass is 16.5. The molecular formula is C19H22N2O3. The minimum atomic E-state index is -0.153. The molecule has 2 amide bonds. The largest absolute Gasteiger partial charge is 0.493 e. The van der Waals surface area contributed by atoms with Crippen molar-refractivity contribution < 1.29 is 14.3 Å². The first-order valence-corrected chi connectivity index (χ1v) is 7.81. The number of rotatable bonds is 6. The van der Waals surface area contributed by atoms with Crippen molar-refractivity contribution in [1.82, 2.24) is 0 Å². The summed E-state index contributed by atoms with van der Waals surface area (Å²) >= 11 is 0. The Bertz CT molecular complexity index is 741. The number of ether oxygens (including phenoxy) is 1. The molecule has 0 spiro atoms. The lowest BCUT2D eigenvalue weighted by atomic mass is 10.1. The molecule has 0 aliphatic heterocycles. The van der Waals surface area contributed by atoms with Gasteiger partial charge in [0.05, 0.1) is 13.0 Å². The van der Waals surface area contributed by atoms with Gasteiger partial charge in [-0.2, -0.15) is 0 Å². The molecule has 0 saturated heterocycles. The van der Waals surface area contributed by atoms with Crippen LogP contribution in [0.15, 0.2) is 42.5 Å². The second kappa shape index (κ2) is 8.15. The molecular weight excluding hydrogens is 304 g/mol. The first-order valence-electron chi connectivity index (χ1n) is 7.81. The van der Waals surface area contributed by atoms with Crippen molar-refractivity contribution in [2.75, 3.05) is 17.2 Å². The average molecular weight is 326 g/mol. The first-order chi connectivity index (χ1) is 11.4. The van der Waals surface area contributed by atoms with Crippen LogP contribution >= 0.6 is 0 Å². The first kappa shape index (κ1) is 17.5. The second-order valence-electron chi connectivity index (χ2n) is 5.65. The lowest BCUT2D eigenvalue weighted by Gasteiger charge is -2.10. The third-order valence-corrected chi connectivity index (χ3v) is 3.54. The normalized spacial score (nSPS) is 10.1. The number of hydrogen-bond donors (Lipinski definition) is 2. The molecule has 2 rings (SSSR count). The molecule has 0 atom stereocenters. The number of anilines is 2. The van der Waals surface area contributed by atoms with Crippen LogP contribution in [0.3, 0.4) is 0 Å². The number of benzene rings is 2. The van der Waals surface area contributed by atoms with Crippen molar-refractivity contribution in [3.63, 3.8) is 0 Å². The van der Waals surface area contributed by atoms with Crippen molar-refractivity contribution >= 4 is 23.2 Å².